The van der Waals surface area contributed by atoms with Gasteiger partial charge in [0.25, 0.3) is 11.8 Å². The Morgan fingerprint density at radius 3 is 2.45 bits per heavy atom. The summed E-state index contributed by atoms with van der Waals surface area (Å²) in [6.07, 6.45) is 1.04. The molecule has 2 unspecified atom stereocenters. The fraction of sp³-hybridized carbons (Fsp3) is 0.381. The number of esters is 1. The van der Waals surface area contributed by atoms with Crippen LogP contribution in [0.1, 0.15) is 34.7 Å². The number of hydrogen-bond donors (Lipinski definition) is 1. The van der Waals surface area contributed by atoms with E-state index < -0.39 is 34.4 Å². The van der Waals surface area contributed by atoms with Gasteiger partial charge in [0.15, 0.2) is 6.61 Å². The number of amides is 2. The molecule has 12 heteroatoms. The SMILES string of the molecule is CC1CN(S(=O)(=O)c2cc(C(=O)OCC(=O)NC(=O)c3cccn3C)ccc2Cl)CC(C)O1. The second-order valence-electron chi connectivity index (χ2n) is 7.68. The summed E-state index contributed by atoms with van der Waals surface area (Å²) in [7, 11) is -2.36. The Morgan fingerprint density at radius 2 is 1.85 bits per heavy atom. The van der Waals surface area contributed by atoms with Crippen LogP contribution in [-0.2, 0) is 31.3 Å². The highest BCUT2D eigenvalue weighted by molar-refractivity contribution is 7.89. The van der Waals surface area contributed by atoms with E-state index >= 15 is 0 Å². The average Bonchev–Trinajstić information content (AvgIpc) is 3.17. The molecule has 2 amide bonds. The lowest BCUT2D eigenvalue weighted by Gasteiger charge is -2.34. The van der Waals surface area contributed by atoms with E-state index in [1.807, 2.05) is 0 Å². The highest BCUT2D eigenvalue weighted by Gasteiger charge is 2.34. The minimum atomic E-state index is -4.00. The molecule has 0 aliphatic carbocycles. The van der Waals surface area contributed by atoms with Crippen LogP contribution in [0.15, 0.2) is 41.4 Å². The molecule has 1 aromatic carbocycles. The highest BCUT2D eigenvalue weighted by atomic mass is 35.5. The minimum Gasteiger partial charge on any atom is -0.452 e. The van der Waals surface area contributed by atoms with Crippen molar-refractivity contribution < 1.29 is 32.3 Å². The third-order valence-electron chi connectivity index (χ3n) is 4.93. The summed E-state index contributed by atoms with van der Waals surface area (Å²) in [4.78, 5) is 36.2. The molecule has 0 radical (unpaired) electrons. The number of aryl methyl sites for hydroxylation is 1. The molecule has 10 nitrogen and oxygen atoms in total. The first-order valence-corrected chi connectivity index (χ1v) is 11.9. The lowest BCUT2D eigenvalue weighted by molar-refractivity contribution is -0.123. The second-order valence-corrected chi connectivity index (χ2v) is 10.00. The standard InChI is InChI=1S/C21H24ClN3O7S/c1-13-10-25(11-14(2)32-13)33(29,30)18-9-15(6-7-16(18)22)21(28)31-12-19(26)23-20(27)17-5-4-8-24(17)3/h4-9,13-14H,10-12H2,1-3H3,(H,23,26,27). The van der Waals surface area contributed by atoms with E-state index in [4.69, 9.17) is 21.1 Å². The molecule has 1 N–H and O–H groups in total. The number of aromatic nitrogens is 1. The van der Waals surface area contributed by atoms with Gasteiger partial charge in [0.1, 0.15) is 10.6 Å². The third-order valence-corrected chi connectivity index (χ3v) is 7.25. The number of ether oxygens (including phenoxy) is 2. The zero-order valence-corrected chi connectivity index (χ0v) is 19.9. The Hall–Kier alpha value is -2.73. The Labute approximate surface area is 196 Å². The molecule has 0 saturated carbocycles. The molecular formula is C21H24ClN3O7S. The van der Waals surface area contributed by atoms with Gasteiger partial charge in [0.05, 0.1) is 22.8 Å². The van der Waals surface area contributed by atoms with Crippen molar-refractivity contribution in [2.45, 2.75) is 31.0 Å². The quantitative estimate of drug-likeness (QED) is 0.601. The summed E-state index contributed by atoms with van der Waals surface area (Å²) >= 11 is 6.13. The zero-order chi connectivity index (χ0) is 24.3. The molecule has 33 heavy (non-hydrogen) atoms. The molecule has 178 valence electrons. The van der Waals surface area contributed by atoms with Crippen LogP contribution < -0.4 is 5.32 Å². The molecule has 1 aliphatic rings. The van der Waals surface area contributed by atoms with E-state index in [9.17, 15) is 22.8 Å². The van der Waals surface area contributed by atoms with Crippen molar-refractivity contribution in [3.05, 3.63) is 52.8 Å². The van der Waals surface area contributed by atoms with Crippen molar-refractivity contribution in [3.63, 3.8) is 0 Å². The number of halogens is 1. The van der Waals surface area contributed by atoms with Crippen LogP contribution in [0.5, 0.6) is 0 Å². The number of hydrogen-bond acceptors (Lipinski definition) is 7. The minimum absolute atomic E-state index is 0.0516. The van der Waals surface area contributed by atoms with E-state index in [2.05, 4.69) is 5.32 Å². The van der Waals surface area contributed by atoms with Gasteiger partial charge < -0.3 is 14.0 Å². The Balaban J connectivity index is 1.68. The highest BCUT2D eigenvalue weighted by Crippen LogP contribution is 2.28. The maximum Gasteiger partial charge on any atom is 0.338 e. The molecule has 3 rings (SSSR count). The van der Waals surface area contributed by atoms with Crippen molar-refractivity contribution >= 4 is 39.4 Å². The summed E-state index contributed by atoms with van der Waals surface area (Å²) in [6, 6.07) is 6.85. The fourth-order valence-corrected chi connectivity index (χ4v) is 5.52. The predicted molar refractivity (Wildman–Crippen MR) is 118 cm³/mol. The maximum absolute atomic E-state index is 13.1. The number of nitrogens with zero attached hydrogens (tertiary/aromatic N) is 2. The molecule has 2 heterocycles. The second kappa shape index (κ2) is 10.0. The van der Waals surface area contributed by atoms with Gasteiger partial charge in [0, 0.05) is 26.3 Å². The lowest BCUT2D eigenvalue weighted by atomic mass is 10.2. The lowest BCUT2D eigenvalue weighted by Crippen LogP contribution is -2.48. The molecule has 1 aliphatic heterocycles. The first kappa shape index (κ1) is 24.9. The fourth-order valence-electron chi connectivity index (χ4n) is 3.43. The van der Waals surface area contributed by atoms with Gasteiger partial charge in [-0.2, -0.15) is 4.31 Å². The summed E-state index contributed by atoms with van der Waals surface area (Å²) in [5.74, 6) is -2.40. The summed E-state index contributed by atoms with van der Waals surface area (Å²) < 4.78 is 39.6. The Morgan fingerprint density at radius 1 is 1.18 bits per heavy atom. The van der Waals surface area contributed by atoms with Crippen molar-refractivity contribution in [1.82, 2.24) is 14.2 Å². The van der Waals surface area contributed by atoms with E-state index in [1.54, 1.807) is 33.2 Å². The first-order chi connectivity index (χ1) is 15.5. The summed E-state index contributed by atoms with van der Waals surface area (Å²) in [5.41, 5.74) is 0.155. The smallest absolute Gasteiger partial charge is 0.338 e. The van der Waals surface area contributed by atoms with Crippen molar-refractivity contribution in [1.29, 1.82) is 0 Å². The average molecular weight is 498 g/mol. The van der Waals surface area contributed by atoms with Crippen LogP contribution in [0.3, 0.4) is 0 Å². The van der Waals surface area contributed by atoms with Gasteiger partial charge in [-0.25, -0.2) is 13.2 Å². The van der Waals surface area contributed by atoms with Crippen LogP contribution in [0, 0.1) is 0 Å². The monoisotopic (exact) mass is 497 g/mol. The Kier molecular flexibility index (Phi) is 7.58. The van der Waals surface area contributed by atoms with Gasteiger partial charge in [0.2, 0.25) is 10.0 Å². The molecule has 2 aromatic rings. The van der Waals surface area contributed by atoms with Crippen LogP contribution >= 0.6 is 11.6 Å². The molecule has 0 spiro atoms. The molecule has 1 saturated heterocycles. The molecular weight excluding hydrogens is 474 g/mol. The predicted octanol–water partition coefficient (Wildman–Crippen LogP) is 1.59. The largest absolute Gasteiger partial charge is 0.452 e. The van der Waals surface area contributed by atoms with E-state index in [-0.39, 0.29) is 46.5 Å². The van der Waals surface area contributed by atoms with Gasteiger partial charge in [-0.15, -0.1) is 0 Å². The zero-order valence-electron chi connectivity index (χ0n) is 18.3. The van der Waals surface area contributed by atoms with Crippen LogP contribution in [0.4, 0.5) is 0 Å². The van der Waals surface area contributed by atoms with Gasteiger partial charge in [-0.3, -0.25) is 14.9 Å². The number of rotatable bonds is 6. The van der Waals surface area contributed by atoms with Crippen LogP contribution in [-0.4, -0.2) is 67.0 Å². The summed E-state index contributed by atoms with van der Waals surface area (Å²) in [5, 5.41) is 2.06. The number of sulfonamides is 1. The van der Waals surface area contributed by atoms with Gasteiger partial charge in [-0.05, 0) is 44.2 Å². The van der Waals surface area contributed by atoms with Crippen LogP contribution in [0.2, 0.25) is 5.02 Å². The summed E-state index contributed by atoms with van der Waals surface area (Å²) in [6.45, 7) is 3.10. The molecule has 0 bridgehead atoms. The van der Waals surface area contributed by atoms with Crippen LogP contribution in [0.25, 0.3) is 0 Å². The number of carbonyl (C=O) groups excluding carboxylic acids is 3. The van der Waals surface area contributed by atoms with Gasteiger partial charge >= 0.3 is 5.97 Å². The van der Waals surface area contributed by atoms with Crippen molar-refractivity contribution in [2.24, 2.45) is 7.05 Å². The van der Waals surface area contributed by atoms with E-state index in [0.717, 1.165) is 6.07 Å². The molecule has 2 atom stereocenters. The van der Waals surface area contributed by atoms with Crippen molar-refractivity contribution in [2.75, 3.05) is 19.7 Å². The number of nitrogens with one attached hydrogen (secondary N) is 1. The van der Waals surface area contributed by atoms with Gasteiger partial charge in [-0.1, -0.05) is 11.6 Å². The normalized spacial score (nSPS) is 19.2. The maximum atomic E-state index is 13.1. The number of imide groups is 1. The topological polar surface area (TPSA) is 124 Å². The Bertz CT molecular complexity index is 1170. The first-order valence-electron chi connectivity index (χ1n) is 10.1. The van der Waals surface area contributed by atoms with E-state index in [1.165, 1.54) is 27.1 Å². The van der Waals surface area contributed by atoms with E-state index in [0.29, 0.717) is 0 Å². The number of morpholine rings is 1. The third kappa shape index (κ3) is 5.80. The molecule has 1 fully saturated rings. The van der Waals surface area contributed by atoms with Crippen molar-refractivity contribution in [3.8, 4) is 0 Å². The molecule has 1 aromatic heterocycles. The number of carbonyl (C=O) groups is 3. The number of benzene rings is 1.